The van der Waals surface area contributed by atoms with Crippen LogP contribution in [0.15, 0.2) is 0 Å². The Morgan fingerprint density at radius 1 is 1.00 bits per heavy atom. The van der Waals surface area contributed by atoms with Crippen molar-refractivity contribution in [3.05, 3.63) is 0 Å². The normalized spacial score (nSPS) is 16.6. The third kappa shape index (κ3) is 6.13. The summed E-state index contributed by atoms with van der Waals surface area (Å²) in [6.45, 7) is 19.8. The lowest BCUT2D eigenvalue weighted by atomic mass is 9.83. The third-order valence-corrected chi connectivity index (χ3v) is 4.87. The summed E-state index contributed by atoms with van der Waals surface area (Å²) in [5.41, 5.74) is 0.287. The van der Waals surface area contributed by atoms with Gasteiger partial charge in [-0.1, -0.05) is 54.4 Å². The van der Waals surface area contributed by atoms with Gasteiger partial charge in [-0.15, -0.1) is 0 Å². The molecule has 2 nitrogen and oxygen atoms in total. The minimum absolute atomic E-state index is 0.287. The van der Waals surface area contributed by atoms with Gasteiger partial charge in [0.1, 0.15) is 0 Å². The van der Waals surface area contributed by atoms with Crippen molar-refractivity contribution < 1.29 is 0 Å². The average Bonchev–Trinajstić information content (AvgIpc) is 2.43. The molecule has 0 rings (SSSR count). The van der Waals surface area contributed by atoms with Crippen LogP contribution in [0.25, 0.3) is 0 Å². The van der Waals surface area contributed by atoms with Gasteiger partial charge in [-0.2, -0.15) is 0 Å². The maximum Gasteiger partial charge on any atom is 0.0331 e. The largest absolute Gasteiger partial charge is 0.312 e. The molecule has 20 heavy (non-hydrogen) atoms. The van der Waals surface area contributed by atoms with Crippen LogP contribution in [0.4, 0.5) is 0 Å². The molecule has 0 aliphatic heterocycles. The van der Waals surface area contributed by atoms with Crippen LogP contribution >= 0.6 is 0 Å². The Kier molecular flexibility index (Phi) is 10.6. The smallest absolute Gasteiger partial charge is 0.0331 e. The van der Waals surface area contributed by atoms with Crippen LogP contribution in [0, 0.1) is 5.92 Å². The first-order chi connectivity index (χ1) is 9.46. The highest BCUT2D eigenvalue weighted by Crippen LogP contribution is 2.27. The number of rotatable bonds is 12. The monoisotopic (exact) mass is 284 g/mol. The minimum atomic E-state index is 0.287. The van der Waals surface area contributed by atoms with Gasteiger partial charge in [0, 0.05) is 11.6 Å². The Hall–Kier alpha value is -0.0800. The van der Waals surface area contributed by atoms with E-state index in [1.807, 2.05) is 0 Å². The van der Waals surface area contributed by atoms with Gasteiger partial charge in [-0.25, -0.2) is 0 Å². The van der Waals surface area contributed by atoms with Crippen molar-refractivity contribution in [3.8, 4) is 0 Å². The van der Waals surface area contributed by atoms with Crippen molar-refractivity contribution in [3.63, 3.8) is 0 Å². The molecule has 2 atom stereocenters. The number of likely N-dealkylation sites (N-methyl/N-ethyl adjacent to an activating group) is 1. The van der Waals surface area contributed by atoms with Crippen molar-refractivity contribution in [1.29, 1.82) is 0 Å². The van der Waals surface area contributed by atoms with E-state index in [-0.39, 0.29) is 5.54 Å². The van der Waals surface area contributed by atoms with Gasteiger partial charge in [0.25, 0.3) is 0 Å². The van der Waals surface area contributed by atoms with E-state index >= 15 is 0 Å². The number of nitrogens with zero attached hydrogens (tertiary/aromatic N) is 1. The summed E-state index contributed by atoms with van der Waals surface area (Å²) in [6, 6.07) is 0.617. The highest BCUT2D eigenvalue weighted by molar-refractivity contribution is 4.95. The molecule has 0 saturated carbocycles. The predicted molar refractivity (Wildman–Crippen MR) is 92.4 cm³/mol. The Morgan fingerprint density at radius 2 is 1.60 bits per heavy atom. The summed E-state index contributed by atoms with van der Waals surface area (Å²) in [4.78, 5) is 2.65. The van der Waals surface area contributed by atoms with E-state index in [2.05, 4.69) is 58.7 Å². The van der Waals surface area contributed by atoms with E-state index in [9.17, 15) is 0 Å². The second kappa shape index (κ2) is 10.6. The SMILES string of the molecule is CCCNC(CCCC(C)C)C(C)(CC)N(CC)CC. The van der Waals surface area contributed by atoms with E-state index in [0.717, 1.165) is 25.6 Å². The van der Waals surface area contributed by atoms with Gasteiger partial charge in [0.05, 0.1) is 0 Å². The van der Waals surface area contributed by atoms with Crippen LogP contribution in [0.3, 0.4) is 0 Å². The van der Waals surface area contributed by atoms with Gasteiger partial charge < -0.3 is 5.32 Å². The van der Waals surface area contributed by atoms with Crippen molar-refractivity contribution >= 4 is 0 Å². The van der Waals surface area contributed by atoms with Crippen LogP contribution in [0.2, 0.25) is 0 Å². The Labute approximate surface area is 128 Å². The predicted octanol–water partition coefficient (Wildman–Crippen LogP) is 4.69. The first-order valence-electron chi connectivity index (χ1n) is 8.94. The second-order valence-electron chi connectivity index (χ2n) is 6.71. The van der Waals surface area contributed by atoms with E-state index < -0.39 is 0 Å². The topological polar surface area (TPSA) is 15.3 Å². The van der Waals surface area contributed by atoms with Crippen molar-refractivity contribution in [1.82, 2.24) is 10.2 Å². The number of hydrogen-bond acceptors (Lipinski definition) is 2. The molecule has 0 aliphatic carbocycles. The summed E-state index contributed by atoms with van der Waals surface area (Å²) in [5.74, 6) is 0.822. The molecule has 2 unspecified atom stereocenters. The lowest BCUT2D eigenvalue weighted by Crippen LogP contribution is -2.59. The molecule has 0 radical (unpaired) electrons. The van der Waals surface area contributed by atoms with Gasteiger partial charge in [0.2, 0.25) is 0 Å². The molecule has 0 bridgehead atoms. The zero-order valence-corrected chi connectivity index (χ0v) is 15.3. The zero-order valence-electron chi connectivity index (χ0n) is 15.3. The summed E-state index contributed by atoms with van der Waals surface area (Å²) in [7, 11) is 0. The van der Waals surface area contributed by atoms with Gasteiger partial charge in [-0.3, -0.25) is 4.90 Å². The fourth-order valence-electron chi connectivity index (χ4n) is 3.32. The van der Waals surface area contributed by atoms with Crippen LogP contribution in [-0.2, 0) is 0 Å². The quantitative estimate of drug-likeness (QED) is 0.559. The zero-order chi connectivity index (χ0) is 15.6. The number of nitrogens with one attached hydrogen (secondary N) is 1. The lowest BCUT2D eigenvalue weighted by Gasteiger charge is -2.46. The minimum Gasteiger partial charge on any atom is -0.312 e. The standard InChI is InChI=1S/C18H40N2/c1-8-15-19-17(14-12-13-16(5)6)18(7,9-2)20(10-3)11-4/h16-17,19H,8-15H2,1-7H3. The van der Waals surface area contributed by atoms with Crippen LogP contribution in [0.1, 0.15) is 80.6 Å². The highest BCUT2D eigenvalue weighted by Gasteiger charge is 2.36. The van der Waals surface area contributed by atoms with Crippen LogP contribution < -0.4 is 5.32 Å². The van der Waals surface area contributed by atoms with E-state index in [1.54, 1.807) is 0 Å². The van der Waals surface area contributed by atoms with Crippen molar-refractivity contribution in [2.24, 2.45) is 5.92 Å². The molecule has 2 heteroatoms. The molecule has 0 spiro atoms. The fourth-order valence-corrected chi connectivity index (χ4v) is 3.32. The maximum atomic E-state index is 3.84. The average molecular weight is 285 g/mol. The fraction of sp³-hybridized carbons (Fsp3) is 1.00. The molecule has 122 valence electrons. The molecule has 0 amide bonds. The van der Waals surface area contributed by atoms with E-state index in [1.165, 1.54) is 32.1 Å². The summed E-state index contributed by atoms with van der Waals surface area (Å²) < 4.78 is 0. The van der Waals surface area contributed by atoms with Crippen LogP contribution in [0.5, 0.6) is 0 Å². The summed E-state index contributed by atoms with van der Waals surface area (Å²) >= 11 is 0. The molecular weight excluding hydrogens is 244 g/mol. The molecule has 0 aromatic rings. The van der Waals surface area contributed by atoms with Crippen molar-refractivity contribution in [2.45, 2.75) is 92.2 Å². The van der Waals surface area contributed by atoms with E-state index in [4.69, 9.17) is 0 Å². The molecule has 0 saturated heterocycles. The molecule has 0 aliphatic rings. The maximum absolute atomic E-state index is 3.84. The lowest BCUT2D eigenvalue weighted by molar-refractivity contribution is 0.0653. The number of hydrogen-bond donors (Lipinski definition) is 1. The molecule has 1 N–H and O–H groups in total. The Morgan fingerprint density at radius 3 is 2.00 bits per heavy atom. The third-order valence-electron chi connectivity index (χ3n) is 4.87. The summed E-state index contributed by atoms with van der Waals surface area (Å²) in [6.07, 6.45) is 6.44. The molecule has 0 aromatic carbocycles. The van der Waals surface area contributed by atoms with E-state index in [0.29, 0.717) is 6.04 Å². The molecule has 0 aromatic heterocycles. The molecule has 0 heterocycles. The highest BCUT2D eigenvalue weighted by atomic mass is 15.2. The van der Waals surface area contributed by atoms with Crippen LogP contribution in [-0.4, -0.2) is 36.1 Å². The first-order valence-corrected chi connectivity index (χ1v) is 8.94. The first kappa shape index (κ1) is 19.9. The second-order valence-corrected chi connectivity index (χ2v) is 6.71. The van der Waals surface area contributed by atoms with Crippen molar-refractivity contribution in [2.75, 3.05) is 19.6 Å². The van der Waals surface area contributed by atoms with Gasteiger partial charge in [0.15, 0.2) is 0 Å². The Balaban J connectivity index is 4.83. The molecule has 0 fully saturated rings. The van der Waals surface area contributed by atoms with Gasteiger partial charge in [-0.05, 0) is 51.7 Å². The summed E-state index contributed by atoms with van der Waals surface area (Å²) in [5, 5.41) is 3.84. The Bertz CT molecular complexity index is 223. The molecular formula is C18H40N2. The van der Waals surface area contributed by atoms with Gasteiger partial charge >= 0.3 is 0 Å².